The Morgan fingerprint density at radius 1 is 0.900 bits per heavy atom. The lowest BCUT2D eigenvalue weighted by Crippen LogP contribution is -2.08. The van der Waals surface area contributed by atoms with Crippen molar-refractivity contribution in [2.75, 3.05) is 7.11 Å². The van der Waals surface area contributed by atoms with E-state index in [1.807, 2.05) is 6.07 Å². The molecule has 0 spiro atoms. The van der Waals surface area contributed by atoms with Gasteiger partial charge >= 0.3 is 0 Å². The number of methoxy groups -OCH3 is 1. The summed E-state index contributed by atoms with van der Waals surface area (Å²) in [5.41, 5.74) is 1.49. The molecule has 0 amide bonds. The van der Waals surface area contributed by atoms with Gasteiger partial charge in [0, 0.05) is 0 Å². The lowest BCUT2D eigenvalue weighted by Gasteiger charge is -2.06. The molecule has 0 aliphatic rings. The highest BCUT2D eigenvalue weighted by molar-refractivity contribution is 7.85. The topological polar surface area (TPSA) is 52.6 Å². The maximum Gasteiger partial charge on any atom is 0.271 e. The minimum atomic E-state index is -3.58. The summed E-state index contributed by atoms with van der Waals surface area (Å²) >= 11 is 0. The Morgan fingerprint density at radius 2 is 1.55 bits per heavy atom. The smallest absolute Gasteiger partial charge is 0.271 e. The van der Waals surface area contributed by atoms with Gasteiger partial charge < -0.3 is 4.74 Å². The molecule has 0 unspecified atom stereocenters. The first-order valence-electron chi connectivity index (χ1n) is 6.13. The lowest BCUT2D eigenvalue weighted by atomic mass is 10.2. The third kappa shape index (κ3) is 4.36. The van der Waals surface area contributed by atoms with Crippen molar-refractivity contribution in [3.8, 4) is 5.75 Å². The van der Waals surface area contributed by atoms with E-state index in [0.29, 0.717) is 5.56 Å². The molecule has 0 saturated carbocycles. The Kier molecular flexibility index (Phi) is 4.76. The van der Waals surface area contributed by atoms with E-state index in [0.717, 1.165) is 11.3 Å². The van der Waals surface area contributed by atoms with Gasteiger partial charge in [-0.1, -0.05) is 42.5 Å². The zero-order valence-corrected chi connectivity index (χ0v) is 12.0. The first-order chi connectivity index (χ1) is 9.59. The molecule has 4 nitrogen and oxygen atoms in total. The Hall–Kier alpha value is -1.85. The SMILES string of the molecule is COc1ccc(COS(=O)(=O)Cc2ccccc2)cc1. The number of rotatable bonds is 6. The normalized spacial score (nSPS) is 11.2. The van der Waals surface area contributed by atoms with Crippen molar-refractivity contribution in [1.29, 1.82) is 0 Å². The molecule has 0 N–H and O–H groups in total. The van der Waals surface area contributed by atoms with E-state index < -0.39 is 10.1 Å². The molecule has 0 aliphatic heterocycles. The van der Waals surface area contributed by atoms with Crippen molar-refractivity contribution in [2.45, 2.75) is 12.4 Å². The van der Waals surface area contributed by atoms with E-state index in [1.165, 1.54) is 0 Å². The molecule has 2 aromatic carbocycles. The fraction of sp³-hybridized carbons (Fsp3) is 0.200. The molecule has 0 atom stereocenters. The molecular formula is C15H16O4S. The predicted octanol–water partition coefficient (Wildman–Crippen LogP) is 2.74. The van der Waals surface area contributed by atoms with Crippen LogP contribution in [0.3, 0.4) is 0 Å². The largest absolute Gasteiger partial charge is 0.497 e. The molecule has 0 saturated heterocycles. The average Bonchev–Trinajstić information content (AvgIpc) is 2.46. The van der Waals surface area contributed by atoms with Crippen LogP contribution in [-0.2, 0) is 26.7 Å². The second-order valence-corrected chi connectivity index (χ2v) is 5.94. The highest BCUT2D eigenvalue weighted by Gasteiger charge is 2.12. The van der Waals surface area contributed by atoms with E-state index in [4.69, 9.17) is 8.92 Å². The summed E-state index contributed by atoms with van der Waals surface area (Å²) in [5.74, 6) is 0.602. The fourth-order valence-electron chi connectivity index (χ4n) is 1.70. The predicted molar refractivity (Wildman–Crippen MR) is 76.8 cm³/mol. The zero-order valence-electron chi connectivity index (χ0n) is 11.2. The van der Waals surface area contributed by atoms with E-state index in [9.17, 15) is 8.42 Å². The molecule has 0 fully saturated rings. The van der Waals surface area contributed by atoms with Gasteiger partial charge in [0.2, 0.25) is 0 Å². The zero-order chi connectivity index (χ0) is 14.4. The molecule has 2 rings (SSSR count). The van der Waals surface area contributed by atoms with Crippen LogP contribution in [-0.4, -0.2) is 15.5 Å². The van der Waals surface area contributed by atoms with Gasteiger partial charge in [0.15, 0.2) is 0 Å². The monoisotopic (exact) mass is 292 g/mol. The van der Waals surface area contributed by atoms with Crippen molar-refractivity contribution < 1.29 is 17.3 Å². The van der Waals surface area contributed by atoms with Crippen LogP contribution in [0.2, 0.25) is 0 Å². The Labute approximate surface area is 119 Å². The quantitative estimate of drug-likeness (QED) is 0.768. The van der Waals surface area contributed by atoms with E-state index >= 15 is 0 Å². The van der Waals surface area contributed by atoms with Gasteiger partial charge in [-0.15, -0.1) is 0 Å². The third-order valence-corrected chi connectivity index (χ3v) is 3.91. The Balaban J connectivity index is 1.95. The molecule has 0 bridgehead atoms. The second-order valence-electron chi connectivity index (χ2n) is 4.30. The lowest BCUT2D eigenvalue weighted by molar-refractivity contribution is 0.307. The summed E-state index contributed by atoms with van der Waals surface area (Å²) < 4.78 is 33.8. The average molecular weight is 292 g/mol. The minimum absolute atomic E-state index is 0.0269. The summed E-state index contributed by atoms with van der Waals surface area (Å²) in [4.78, 5) is 0. The summed E-state index contributed by atoms with van der Waals surface area (Å²) in [6.07, 6.45) is 0. The van der Waals surface area contributed by atoms with Gasteiger partial charge in [0.05, 0.1) is 13.7 Å². The number of hydrogen-bond acceptors (Lipinski definition) is 4. The Bertz CT molecular complexity index is 633. The highest BCUT2D eigenvalue weighted by atomic mass is 32.2. The Morgan fingerprint density at radius 3 is 2.15 bits per heavy atom. The van der Waals surface area contributed by atoms with Crippen LogP contribution in [0.5, 0.6) is 5.75 Å². The van der Waals surface area contributed by atoms with Crippen LogP contribution in [0.25, 0.3) is 0 Å². The first kappa shape index (κ1) is 14.6. The van der Waals surface area contributed by atoms with Gasteiger partial charge in [0.1, 0.15) is 11.5 Å². The van der Waals surface area contributed by atoms with Gasteiger partial charge in [-0.2, -0.15) is 8.42 Å². The molecule has 0 radical (unpaired) electrons. The molecule has 20 heavy (non-hydrogen) atoms. The van der Waals surface area contributed by atoms with Gasteiger partial charge in [-0.05, 0) is 23.3 Å². The van der Waals surface area contributed by atoms with Crippen molar-refractivity contribution in [3.63, 3.8) is 0 Å². The summed E-state index contributed by atoms with van der Waals surface area (Å²) in [7, 11) is -2.00. The maximum absolute atomic E-state index is 11.8. The van der Waals surface area contributed by atoms with Crippen LogP contribution >= 0.6 is 0 Å². The fourth-order valence-corrected chi connectivity index (χ4v) is 2.70. The van der Waals surface area contributed by atoms with Gasteiger partial charge in [-0.25, -0.2) is 0 Å². The van der Waals surface area contributed by atoms with E-state index in [-0.39, 0.29) is 12.4 Å². The van der Waals surface area contributed by atoms with Crippen molar-refractivity contribution in [2.24, 2.45) is 0 Å². The van der Waals surface area contributed by atoms with Crippen LogP contribution in [0.4, 0.5) is 0 Å². The van der Waals surface area contributed by atoms with Crippen LogP contribution in [0, 0.1) is 0 Å². The summed E-state index contributed by atoms with van der Waals surface area (Å²) in [6.45, 7) is 0.0269. The van der Waals surface area contributed by atoms with Crippen molar-refractivity contribution >= 4 is 10.1 Å². The second kappa shape index (κ2) is 6.54. The van der Waals surface area contributed by atoms with Crippen molar-refractivity contribution in [3.05, 3.63) is 65.7 Å². The molecule has 2 aromatic rings. The maximum atomic E-state index is 11.8. The van der Waals surface area contributed by atoms with Gasteiger partial charge in [-0.3, -0.25) is 4.18 Å². The van der Waals surface area contributed by atoms with Crippen LogP contribution in [0.15, 0.2) is 54.6 Å². The van der Waals surface area contributed by atoms with Crippen molar-refractivity contribution in [1.82, 2.24) is 0 Å². The number of hydrogen-bond donors (Lipinski definition) is 0. The first-order valence-corrected chi connectivity index (χ1v) is 7.71. The van der Waals surface area contributed by atoms with Gasteiger partial charge in [0.25, 0.3) is 10.1 Å². The van der Waals surface area contributed by atoms with E-state index in [1.54, 1.807) is 55.6 Å². The molecule has 5 heteroatoms. The number of ether oxygens (including phenoxy) is 1. The molecule has 0 aromatic heterocycles. The number of benzene rings is 2. The van der Waals surface area contributed by atoms with Crippen LogP contribution in [0.1, 0.15) is 11.1 Å². The molecule has 0 heterocycles. The van der Waals surface area contributed by atoms with Crippen LogP contribution < -0.4 is 4.74 Å². The minimum Gasteiger partial charge on any atom is -0.497 e. The summed E-state index contributed by atoms with van der Waals surface area (Å²) in [5, 5.41) is 0. The molecular weight excluding hydrogens is 276 g/mol. The molecule has 106 valence electrons. The van der Waals surface area contributed by atoms with E-state index in [2.05, 4.69) is 0 Å². The highest BCUT2D eigenvalue weighted by Crippen LogP contribution is 2.14. The third-order valence-electron chi connectivity index (χ3n) is 2.75. The summed E-state index contributed by atoms with van der Waals surface area (Å²) in [6, 6.07) is 16.0. The standard InChI is InChI=1S/C15H16O4S/c1-18-15-9-7-13(8-10-15)11-19-20(16,17)12-14-5-3-2-4-6-14/h2-10H,11-12H2,1H3. The molecule has 0 aliphatic carbocycles.